The van der Waals surface area contributed by atoms with E-state index in [1.54, 1.807) is 6.07 Å². The summed E-state index contributed by atoms with van der Waals surface area (Å²) in [5, 5.41) is 3.31. The van der Waals surface area contributed by atoms with Gasteiger partial charge in [0.2, 0.25) is 0 Å². The van der Waals surface area contributed by atoms with Crippen LogP contribution < -0.4 is 10.2 Å². The third kappa shape index (κ3) is 1.54. The van der Waals surface area contributed by atoms with Gasteiger partial charge >= 0.3 is 0 Å². The Hall–Kier alpha value is -1.25. The lowest BCUT2D eigenvalue weighted by atomic mass is 10.2. The predicted octanol–water partition coefficient (Wildman–Crippen LogP) is 2.47. The molecular formula is C11H15FN2. The Morgan fingerprint density at radius 3 is 3.07 bits per heavy atom. The van der Waals surface area contributed by atoms with E-state index in [1.165, 1.54) is 6.07 Å². The van der Waals surface area contributed by atoms with Crippen LogP contribution in [0.15, 0.2) is 18.2 Å². The van der Waals surface area contributed by atoms with Crippen LogP contribution in [0, 0.1) is 5.82 Å². The van der Waals surface area contributed by atoms with Crippen molar-refractivity contribution in [1.82, 2.24) is 0 Å². The van der Waals surface area contributed by atoms with Crippen LogP contribution in [0.5, 0.6) is 0 Å². The average Bonchev–Trinajstić information content (AvgIpc) is 2.27. The molecule has 1 unspecified atom stereocenters. The fourth-order valence-electron chi connectivity index (χ4n) is 1.86. The molecule has 1 N–H and O–H groups in total. The molecule has 0 amide bonds. The van der Waals surface area contributed by atoms with Crippen molar-refractivity contribution >= 4 is 11.4 Å². The highest BCUT2D eigenvalue weighted by molar-refractivity contribution is 5.71. The van der Waals surface area contributed by atoms with Crippen LogP contribution in [-0.2, 0) is 0 Å². The van der Waals surface area contributed by atoms with Gasteiger partial charge in [-0.15, -0.1) is 0 Å². The standard InChI is InChI=1S/C11H15FN2/c1-8-6-7-14(2)11-9(12)4-3-5-10(11)13-8/h3-5,8,13H,6-7H2,1-2H3. The minimum atomic E-state index is -0.147. The monoisotopic (exact) mass is 194 g/mol. The molecule has 1 aliphatic heterocycles. The molecule has 14 heavy (non-hydrogen) atoms. The molecule has 1 atom stereocenters. The Bertz CT molecular complexity index is 338. The van der Waals surface area contributed by atoms with Gasteiger partial charge in [-0.1, -0.05) is 6.07 Å². The van der Waals surface area contributed by atoms with Crippen LogP contribution >= 0.6 is 0 Å². The summed E-state index contributed by atoms with van der Waals surface area (Å²) in [6.07, 6.45) is 1.03. The van der Waals surface area contributed by atoms with Crippen LogP contribution in [0.2, 0.25) is 0 Å². The van der Waals surface area contributed by atoms with E-state index in [0.717, 1.165) is 18.7 Å². The summed E-state index contributed by atoms with van der Waals surface area (Å²) in [4.78, 5) is 1.97. The van der Waals surface area contributed by atoms with Crippen molar-refractivity contribution in [1.29, 1.82) is 0 Å². The van der Waals surface area contributed by atoms with E-state index in [-0.39, 0.29) is 5.82 Å². The highest BCUT2D eigenvalue weighted by Crippen LogP contribution is 2.31. The van der Waals surface area contributed by atoms with Crippen molar-refractivity contribution in [3.63, 3.8) is 0 Å². The lowest BCUT2D eigenvalue weighted by molar-refractivity contribution is 0.622. The lowest BCUT2D eigenvalue weighted by Gasteiger charge is -2.18. The van der Waals surface area contributed by atoms with Crippen LogP contribution in [-0.4, -0.2) is 19.6 Å². The Morgan fingerprint density at radius 2 is 2.29 bits per heavy atom. The van der Waals surface area contributed by atoms with Crippen molar-refractivity contribution in [2.75, 3.05) is 23.8 Å². The Balaban J connectivity index is 2.46. The summed E-state index contributed by atoms with van der Waals surface area (Å²) < 4.78 is 13.5. The number of nitrogens with one attached hydrogen (secondary N) is 1. The number of rotatable bonds is 0. The predicted molar refractivity (Wildman–Crippen MR) is 57.4 cm³/mol. The van der Waals surface area contributed by atoms with E-state index in [4.69, 9.17) is 0 Å². The summed E-state index contributed by atoms with van der Waals surface area (Å²) >= 11 is 0. The van der Waals surface area contributed by atoms with E-state index >= 15 is 0 Å². The summed E-state index contributed by atoms with van der Waals surface area (Å²) in [5.74, 6) is -0.147. The molecule has 0 aliphatic carbocycles. The molecular weight excluding hydrogens is 179 g/mol. The Morgan fingerprint density at radius 1 is 1.50 bits per heavy atom. The van der Waals surface area contributed by atoms with Crippen molar-refractivity contribution < 1.29 is 4.39 Å². The van der Waals surface area contributed by atoms with Gasteiger partial charge in [-0.05, 0) is 25.5 Å². The van der Waals surface area contributed by atoms with Gasteiger partial charge in [-0.2, -0.15) is 0 Å². The van der Waals surface area contributed by atoms with E-state index in [9.17, 15) is 4.39 Å². The van der Waals surface area contributed by atoms with Crippen LogP contribution in [0.3, 0.4) is 0 Å². The quantitative estimate of drug-likeness (QED) is 0.682. The first-order valence-corrected chi connectivity index (χ1v) is 4.94. The first-order chi connectivity index (χ1) is 6.68. The second-order valence-electron chi connectivity index (χ2n) is 3.89. The van der Waals surface area contributed by atoms with Gasteiger partial charge in [0, 0.05) is 19.6 Å². The smallest absolute Gasteiger partial charge is 0.148 e. The number of anilines is 2. The molecule has 1 aliphatic rings. The van der Waals surface area contributed by atoms with Gasteiger partial charge in [0.15, 0.2) is 0 Å². The summed E-state index contributed by atoms with van der Waals surface area (Å²) in [7, 11) is 1.93. The number of hydrogen-bond donors (Lipinski definition) is 1. The number of halogens is 1. The lowest BCUT2D eigenvalue weighted by Crippen LogP contribution is -2.20. The Kier molecular flexibility index (Phi) is 2.32. The SMILES string of the molecule is CC1CCN(C)c2c(F)cccc2N1. The molecule has 1 heterocycles. The minimum absolute atomic E-state index is 0.147. The number of nitrogens with zero attached hydrogens (tertiary/aromatic N) is 1. The summed E-state index contributed by atoms with van der Waals surface area (Å²) in [5.41, 5.74) is 1.59. The number of benzene rings is 1. The van der Waals surface area contributed by atoms with Gasteiger partial charge in [0.25, 0.3) is 0 Å². The molecule has 3 heteroatoms. The van der Waals surface area contributed by atoms with Crippen molar-refractivity contribution in [3.8, 4) is 0 Å². The molecule has 0 aromatic heterocycles. The summed E-state index contributed by atoms with van der Waals surface area (Å²) in [6, 6.07) is 5.58. The van der Waals surface area contributed by atoms with Crippen LogP contribution in [0.1, 0.15) is 13.3 Å². The molecule has 1 aromatic rings. The van der Waals surface area contributed by atoms with Gasteiger partial charge in [0.1, 0.15) is 5.82 Å². The third-order valence-electron chi connectivity index (χ3n) is 2.67. The summed E-state index contributed by atoms with van der Waals surface area (Å²) in [6.45, 7) is 3.01. The molecule has 0 bridgehead atoms. The maximum Gasteiger partial charge on any atom is 0.148 e. The second-order valence-corrected chi connectivity index (χ2v) is 3.89. The zero-order chi connectivity index (χ0) is 10.1. The molecule has 1 aromatic carbocycles. The van der Waals surface area contributed by atoms with E-state index in [0.29, 0.717) is 11.7 Å². The molecule has 0 fully saturated rings. The number of hydrogen-bond acceptors (Lipinski definition) is 2. The fourth-order valence-corrected chi connectivity index (χ4v) is 1.86. The van der Waals surface area contributed by atoms with Gasteiger partial charge < -0.3 is 10.2 Å². The van der Waals surface area contributed by atoms with Crippen molar-refractivity contribution in [2.45, 2.75) is 19.4 Å². The van der Waals surface area contributed by atoms with Crippen molar-refractivity contribution in [3.05, 3.63) is 24.0 Å². The molecule has 76 valence electrons. The molecule has 2 rings (SSSR count). The minimum Gasteiger partial charge on any atom is -0.381 e. The first-order valence-electron chi connectivity index (χ1n) is 4.94. The van der Waals surface area contributed by atoms with E-state index in [1.807, 2.05) is 18.0 Å². The van der Waals surface area contributed by atoms with E-state index in [2.05, 4.69) is 12.2 Å². The molecule has 0 spiro atoms. The molecule has 0 saturated heterocycles. The molecule has 0 saturated carbocycles. The highest BCUT2D eigenvalue weighted by Gasteiger charge is 2.18. The van der Waals surface area contributed by atoms with Gasteiger partial charge in [-0.3, -0.25) is 0 Å². The second kappa shape index (κ2) is 3.48. The van der Waals surface area contributed by atoms with Crippen molar-refractivity contribution in [2.24, 2.45) is 0 Å². The maximum atomic E-state index is 13.5. The topological polar surface area (TPSA) is 15.3 Å². The fraction of sp³-hybridized carbons (Fsp3) is 0.455. The third-order valence-corrected chi connectivity index (χ3v) is 2.67. The van der Waals surface area contributed by atoms with Gasteiger partial charge in [0.05, 0.1) is 11.4 Å². The highest BCUT2D eigenvalue weighted by atomic mass is 19.1. The zero-order valence-corrected chi connectivity index (χ0v) is 8.55. The zero-order valence-electron chi connectivity index (χ0n) is 8.55. The number of para-hydroxylation sites is 1. The Labute approximate surface area is 83.7 Å². The molecule has 0 radical (unpaired) electrons. The van der Waals surface area contributed by atoms with E-state index < -0.39 is 0 Å². The average molecular weight is 194 g/mol. The van der Waals surface area contributed by atoms with Gasteiger partial charge in [-0.25, -0.2) is 4.39 Å². The number of fused-ring (bicyclic) bond motifs is 1. The maximum absolute atomic E-state index is 13.5. The largest absolute Gasteiger partial charge is 0.381 e. The van der Waals surface area contributed by atoms with Crippen LogP contribution in [0.4, 0.5) is 15.8 Å². The molecule has 2 nitrogen and oxygen atoms in total. The first kappa shape index (κ1) is 9.31. The normalized spacial score (nSPS) is 21.1. The van der Waals surface area contributed by atoms with Crippen LogP contribution in [0.25, 0.3) is 0 Å².